The molecule has 0 aromatic carbocycles. The fraction of sp³-hybridized carbons (Fsp3) is 0.875. The molecule has 2 radical (unpaired) electrons. The molecular formula is C8H17BN2O3. The van der Waals surface area contributed by atoms with Crippen LogP contribution < -0.4 is 5.32 Å². The van der Waals surface area contributed by atoms with Gasteiger partial charge in [-0.3, -0.25) is 9.63 Å². The molecule has 0 aliphatic heterocycles. The molecule has 0 bridgehead atoms. The van der Waals surface area contributed by atoms with E-state index in [9.17, 15) is 4.79 Å². The Kier molecular flexibility index (Phi) is 7.46. The molecule has 0 aliphatic rings. The van der Waals surface area contributed by atoms with Crippen LogP contribution in [0.3, 0.4) is 0 Å². The highest BCUT2D eigenvalue weighted by atomic mass is 16.7. The van der Waals surface area contributed by atoms with Gasteiger partial charge in [0.1, 0.15) is 0 Å². The predicted molar refractivity (Wildman–Crippen MR) is 54.0 cm³/mol. The normalized spacial score (nSPS) is 12.9. The second kappa shape index (κ2) is 7.79. The van der Waals surface area contributed by atoms with E-state index in [1.807, 2.05) is 0 Å². The third-order valence-electron chi connectivity index (χ3n) is 1.45. The van der Waals surface area contributed by atoms with Gasteiger partial charge in [0.25, 0.3) is 0 Å². The number of amides is 1. The Balaban J connectivity index is 3.82. The summed E-state index contributed by atoms with van der Waals surface area (Å²) in [6, 6.07) is -0.168. The van der Waals surface area contributed by atoms with Crippen LogP contribution in [-0.4, -0.2) is 59.3 Å². The second-order valence-electron chi connectivity index (χ2n) is 3.03. The van der Waals surface area contributed by atoms with Crippen LogP contribution in [0.25, 0.3) is 0 Å². The zero-order valence-electron chi connectivity index (χ0n) is 8.95. The zero-order valence-corrected chi connectivity index (χ0v) is 8.95. The fourth-order valence-corrected chi connectivity index (χ4v) is 0.858. The molecule has 0 heterocycles. The highest BCUT2D eigenvalue weighted by Gasteiger charge is 2.11. The quantitative estimate of drug-likeness (QED) is 0.431. The topological polar surface area (TPSA) is 50.8 Å². The van der Waals surface area contributed by atoms with Crippen LogP contribution in [0.2, 0.25) is 6.32 Å². The third-order valence-corrected chi connectivity index (χ3v) is 1.45. The molecule has 0 saturated heterocycles. The van der Waals surface area contributed by atoms with Crippen LogP contribution in [0.5, 0.6) is 0 Å². The van der Waals surface area contributed by atoms with Gasteiger partial charge in [0.05, 0.1) is 27.1 Å². The number of hydrogen-bond donors (Lipinski definition) is 1. The average molecular weight is 200 g/mol. The van der Waals surface area contributed by atoms with Crippen LogP contribution in [0.15, 0.2) is 0 Å². The molecule has 0 saturated carbocycles. The van der Waals surface area contributed by atoms with Crippen LogP contribution in [-0.2, 0) is 14.4 Å². The van der Waals surface area contributed by atoms with Gasteiger partial charge in [-0.1, -0.05) is 0 Å². The summed E-state index contributed by atoms with van der Waals surface area (Å²) in [5.74, 6) is -0.214. The van der Waals surface area contributed by atoms with Crippen LogP contribution in [0.4, 0.5) is 0 Å². The largest absolute Gasteiger partial charge is 0.382 e. The lowest BCUT2D eigenvalue weighted by Crippen LogP contribution is -2.42. The van der Waals surface area contributed by atoms with Gasteiger partial charge in [-0.15, -0.1) is 0 Å². The highest BCUT2D eigenvalue weighted by Crippen LogP contribution is 1.90. The maximum absolute atomic E-state index is 11.0. The minimum atomic E-state index is -0.214. The summed E-state index contributed by atoms with van der Waals surface area (Å²) in [6.45, 7) is 0.770. The van der Waals surface area contributed by atoms with Gasteiger partial charge in [-0.05, 0) is 6.32 Å². The van der Waals surface area contributed by atoms with Crippen molar-refractivity contribution in [1.29, 1.82) is 0 Å². The average Bonchev–Trinajstić information content (AvgIpc) is 2.14. The van der Waals surface area contributed by atoms with Crippen molar-refractivity contribution in [3.05, 3.63) is 0 Å². The molecule has 5 nitrogen and oxygen atoms in total. The van der Waals surface area contributed by atoms with E-state index in [1.165, 1.54) is 0 Å². The van der Waals surface area contributed by atoms with Gasteiger partial charge >= 0.3 is 0 Å². The van der Waals surface area contributed by atoms with Crippen LogP contribution in [0, 0.1) is 0 Å². The van der Waals surface area contributed by atoms with Crippen molar-refractivity contribution in [2.45, 2.75) is 12.4 Å². The van der Waals surface area contributed by atoms with E-state index in [-0.39, 0.29) is 18.3 Å². The molecule has 1 N–H and O–H groups in total. The lowest BCUT2D eigenvalue weighted by Gasteiger charge is -2.19. The Bertz CT molecular complexity index is 167. The number of hydrogen-bond acceptors (Lipinski definition) is 4. The molecule has 6 heteroatoms. The molecule has 0 spiro atoms. The minimum Gasteiger partial charge on any atom is -0.382 e. The van der Waals surface area contributed by atoms with Crippen molar-refractivity contribution in [2.24, 2.45) is 0 Å². The highest BCUT2D eigenvalue weighted by molar-refractivity contribution is 6.19. The number of rotatable bonds is 7. The maximum atomic E-state index is 11.0. The SMILES string of the molecule is [B]CC(=O)NC(COC)CON(C)C. The summed E-state index contributed by atoms with van der Waals surface area (Å²) in [5, 5.41) is 4.25. The Labute approximate surface area is 86.1 Å². The third kappa shape index (κ3) is 6.88. The Morgan fingerprint density at radius 3 is 2.57 bits per heavy atom. The van der Waals surface area contributed by atoms with Gasteiger partial charge in [-0.2, -0.15) is 5.06 Å². The van der Waals surface area contributed by atoms with Crippen molar-refractivity contribution in [2.75, 3.05) is 34.4 Å². The summed E-state index contributed by atoms with van der Waals surface area (Å²) in [5.41, 5.74) is 0. The summed E-state index contributed by atoms with van der Waals surface area (Å²) in [6.07, 6.45) is -0.0256. The molecule has 0 aliphatic carbocycles. The summed E-state index contributed by atoms with van der Waals surface area (Å²) in [7, 11) is 10.3. The fourth-order valence-electron chi connectivity index (χ4n) is 0.858. The summed E-state index contributed by atoms with van der Waals surface area (Å²) in [4.78, 5) is 16.2. The minimum absolute atomic E-state index is 0.0256. The Hall–Kier alpha value is -0.585. The second-order valence-corrected chi connectivity index (χ2v) is 3.03. The van der Waals surface area contributed by atoms with E-state index in [4.69, 9.17) is 17.4 Å². The van der Waals surface area contributed by atoms with E-state index in [0.717, 1.165) is 0 Å². The summed E-state index contributed by atoms with van der Waals surface area (Å²) >= 11 is 0. The van der Waals surface area contributed by atoms with E-state index in [0.29, 0.717) is 13.2 Å². The zero-order chi connectivity index (χ0) is 11.0. The van der Waals surface area contributed by atoms with E-state index < -0.39 is 0 Å². The number of nitrogens with one attached hydrogen (secondary N) is 1. The number of carbonyl (C=O) groups excluding carboxylic acids is 1. The van der Waals surface area contributed by atoms with Crippen molar-refractivity contribution in [1.82, 2.24) is 10.4 Å². The Morgan fingerprint density at radius 1 is 1.50 bits per heavy atom. The Morgan fingerprint density at radius 2 is 2.14 bits per heavy atom. The smallest absolute Gasteiger partial charge is 0.211 e. The lowest BCUT2D eigenvalue weighted by atomic mass is 10.0. The first-order valence-corrected chi connectivity index (χ1v) is 4.38. The van der Waals surface area contributed by atoms with E-state index in [1.54, 1.807) is 26.3 Å². The van der Waals surface area contributed by atoms with Gasteiger partial charge in [0, 0.05) is 21.2 Å². The van der Waals surface area contributed by atoms with Crippen molar-refractivity contribution in [3.63, 3.8) is 0 Å². The molecular weight excluding hydrogens is 183 g/mol. The molecule has 1 amide bonds. The lowest BCUT2D eigenvalue weighted by molar-refractivity contribution is -0.136. The van der Waals surface area contributed by atoms with Gasteiger partial charge in [0.15, 0.2) is 0 Å². The molecule has 1 atom stereocenters. The van der Waals surface area contributed by atoms with E-state index >= 15 is 0 Å². The van der Waals surface area contributed by atoms with Crippen LogP contribution in [0.1, 0.15) is 0 Å². The molecule has 0 fully saturated rings. The standard InChI is InChI=1S/C8H17BN2O3/c1-11(2)14-6-7(5-13-3)10-8(12)4-9/h7H,4-6H2,1-3H3,(H,10,12). The number of hydroxylamine groups is 2. The molecule has 0 rings (SSSR count). The van der Waals surface area contributed by atoms with Crippen molar-refractivity contribution in [3.8, 4) is 0 Å². The molecule has 0 aromatic rings. The van der Waals surface area contributed by atoms with Gasteiger partial charge < -0.3 is 10.1 Å². The van der Waals surface area contributed by atoms with Gasteiger partial charge in [-0.25, -0.2) is 0 Å². The first-order chi connectivity index (χ1) is 6.60. The summed E-state index contributed by atoms with van der Waals surface area (Å²) < 4.78 is 4.93. The molecule has 80 valence electrons. The number of carbonyl (C=O) groups is 1. The monoisotopic (exact) mass is 200 g/mol. The molecule has 1 unspecified atom stereocenters. The molecule has 14 heavy (non-hydrogen) atoms. The number of methoxy groups -OCH3 is 1. The first-order valence-electron chi connectivity index (χ1n) is 4.38. The first kappa shape index (κ1) is 13.4. The molecule has 0 aromatic heterocycles. The predicted octanol–water partition coefficient (Wildman–Crippen LogP) is -0.802. The van der Waals surface area contributed by atoms with Gasteiger partial charge in [0.2, 0.25) is 5.91 Å². The van der Waals surface area contributed by atoms with Crippen LogP contribution >= 0.6 is 0 Å². The van der Waals surface area contributed by atoms with E-state index in [2.05, 4.69) is 5.32 Å². The van der Waals surface area contributed by atoms with Crippen molar-refractivity contribution >= 4 is 13.8 Å². The number of nitrogens with zero attached hydrogens (tertiary/aromatic N) is 1. The number of ether oxygens (including phenoxy) is 1. The maximum Gasteiger partial charge on any atom is 0.211 e. The van der Waals surface area contributed by atoms with Crippen molar-refractivity contribution < 1.29 is 14.4 Å².